The smallest absolute Gasteiger partial charge is 0.244 e. The summed E-state index contributed by atoms with van der Waals surface area (Å²) >= 11 is 3.48. The number of hydrogen-bond donors (Lipinski definition) is 2. The Labute approximate surface area is 123 Å². The van der Waals surface area contributed by atoms with Gasteiger partial charge in [-0.3, -0.25) is 4.79 Å². The van der Waals surface area contributed by atoms with Crippen LogP contribution in [0.25, 0.3) is 0 Å². The topological polar surface area (TPSA) is 41.1 Å². The van der Waals surface area contributed by atoms with Gasteiger partial charge in [-0.25, -0.2) is 0 Å². The molecule has 0 saturated carbocycles. The Morgan fingerprint density at radius 2 is 2.05 bits per heavy atom. The Bertz CT molecular complexity index is 470. The van der Waals surface area contributed by atoms with Gasteiger partial charge in [0.05, 0.1) is 5.54 Å². The number of rotatable bonds is 3. The predicted molar refractivity (Wildman–Crippen MR) is 82.5 cm³/mol. The van der Waals surface area contributed by atoms with Gasteiger partial charge in [0.2, 0.25) is 5.91 Å². The van der Waals surface area contributed by atoms with Crippen LogP contribution in [0.3, 0.4) is 0 Å². The highest BCUT2D eigenvalue weighted by molar-refractivity contribution is 9.10. The maximum absolute atomic E-state index is 12.6. The van der Waals surface area contributed by atoms with Crippen LogP contribution in [-0.4, -0.2) is 18.0 Å². The highest BCUT2D eigenvalue weighted by atomic mass is 79.9. The Morgan fingerprint density at radius 1 is 1.42 bits per heavy atom. The van der Waals surface area contributed by atoms with Crippen LogP contribution in [0, 0.1) is 13.8 Å². The van der Waals surface area contributed by atoms with E-state index in [1.165, 1.54) is 0 Å². The number of halogens is 1. The zero-order valence-corrected chi connectivity index (χ0v) is 13.4. The molecule has 1 fully saturated rings. The molecule has 1 aliphatic rings. The molecule has 0 bridgehead atoms. The van der Waals surface area contributed by atoms with Crippen LogP contribution in [0.5, 0.6) is 0 Å². The first kappa shape index (κ1) is 14.5. The molecule has 0 aliphatic carbocycles. The molecule has 2 rings (SSSR count). The van der Waals surface area contributed by atoms with Gasteiger partial charge in [-0.2, -0.15) is 0 Å². The van der Waals surface area contributed by atoms with Crippen molar-refractivity contribution in [3.8, 4) is 0 Å². The van der Waals surface area contributed by atoms with Gasteiger partial charge >= 0.3 is 0 Å². The Hall–Kier alpha value is -0.870. The molecule has 1 aliphatic heterocycles. The van der Waals surface area contributed by atoms with Gasteiger partial charge in [-0.1, -0.05) is 22.9 Å². The Balaban J connectivity index is 2.24. The summed E-state index contributed by atoms with van der Waals surface area (Å²) in [6, 6.07) is 4.06. The van der Waals surface area contributed by atoms with Crippen molar-refractivity contribution in [2.24, 2.45) is 0 Å². The van der Waals surface area contributed by atoms with Gasteiger partial charge in [0.25, 0.3) is 0 Å². The normalized spacial score (nSPS) is 22.5. The lowest BCUT2D eigenvalue weighted by atomic mass is 9.92. The molecule has 4 heteroatoms. The summed E-state index contributed by atoms with van der Waals surface area (Å²) in [4.78, 5) is 12.6. The zero-order valence-electron chi connectivity index (χ0n) is 11.8. The lowest BCUT2D eigenvalue weighted by molar-refractivity contribution is -0.122. The highest BCUT2D eigenvalue weighted by Gasteiger charge is 2.39. The molecule has 2 N–H and O–H groups in total. The number of hydrogen-bond acceptors (Lipinski definition) is 2. The first-order valence-electron chi connectivity index (χ1n) is 6.82. The minimum Gasteiger partial charge on any atom is -0.324 e. The largest absolute Gasteiger partial charge is 0.324 e. The SMILES string of the molecule is CCC1(C(=O)Nc2c(C)cc(Br)cc2C)CCCN1. The fourth-order valence-electron chi connectivity index (χ4n) is 2.80. The van der Waals surface area contributed by atoms with Crippen LogP contribution in [0.4, 0.5) is 5.69 Å². The summed E-state index contributed by atoms with van der Waals surface area (Å²) in [6.45, 7) is 7.04. The second-order valence-electron chi connectivity index (χ2n) is 5.33. The third-order valence-corrected chi connectivity index (χ3v) is 4.48. The summed E-state index contributed by atoms with van der Waals surface area (Å²) in [5.41, 5.74) is 2.73. The van der Waals surface area contributed by atoms with Gasteiger partial charge < -0.3 is 10.6 Å². The minimum absolute atomic E-state index is 0.0982. The number of anilines is 1. The number of aryl methyl sites for hydroxylation is 2. The van der Waals surface area contributed by atoms with E-state index < -0.39 is 0 Å². The van der Waals surface area contributed by atoms with Crippen molar-refractivity contribution in [2.45, 2.75) is 45.6 Å². The van der Waals surface area contributed by atoms with E-state index in [9.17, 15) is 4.79 Å². The van der Waals surface area contributed by atoms with E-state index in [2.05, 4.69) is 33.5 Å². The van der Waals surface area contributed by atoms with Crippen molar-refractivity contribution in [2.75, 3.05) is 11.9 Å². The van der Waals surface area contributed by atoms with Crippen LogP contribution in [-0.2, 0) is 4.79 Å². The van der Waals surface area contributed by atoms with Crippen LogP contribution in [0.2, 0.25) is 0 Å². The van der Waals surface area contributed by atoms with Gasteiger partial charge in [-0.15, -0.1) is 0 Å². The average Bonchev–Trinajstić information content (AvgIpc) is 2.83. The number of carbonyl (C=O) groups is 1. The summed E-state index contributed by atoms with van der Waals surface area (Å²) in [5, 5.41) is 6.49. The fraction of sp³-hybridized carbons (Fsp3) is 0.533. The number of nitrogens with one attached hydrogen (secondary N) is 2. The molecular formula is C15H21BrN2O. The van der Waals surface area contributed by atoms with Crippen LogP contribution in [0.1, 0.15) is 37.3 Å². The summed E-state index contributed by atoms with van der Waals surface area (Å²) in [6.07, 6.45) is 2.82. The second-order valence-corrected chi connectivity index (χ2v) is 6.25. The summed E-state index contributed by atoms with van der Waals surface area (Å²) < 4.78 is 1.05. The van der Waals surface area contributed by atoms with Crippen molar-refractivity contribution in [1.29, 1.82) is 0 Å². The molecule has 1 unspecified atom stereocenters. The molecule has 0 radical (unpaired) electrons. The third-order valence-electron chi connectivity index (χ3n) is 4.02. The van der Waals surface area contributed by atoms with Crippen molar-refractivity contribution in [1.82, 2.24) is 5.32 Å². The van der Waals surface area contributed by atoms with E-state index >= 15 is 0 Å². The van der Waals surface area contributed by atoms with E-state index in [1.807, 2.05) is 26.0 Å². The average molecular weight is 325 g/mol. The molecule has 0 aromatic heterocycles. The zero-order chi connectivity index (χ0) is 14.0. The van der Waals surface area contributed by atoms with E-state index in [1.54, 1.807) is 0 Å². The van der Waals surface area contributed by atoms with Gasteiger partial charge in [0, 0.05) is 10.2 Å². The lowest BCUT2D eigenvalue weighted by Gasteiger charge is -2.27. The molecule has 19 heavy (non-hydrogen) atoms. The van der Waals surface area contributed by atoms with Crippen LogP contribution >= 0.6 is 15.9 Å². The minimum atomic E-state index is -0.383. The van der Waals surface area contributed by atoms with Gasteiger partial charge in [0.1, 0.15) is 0 Å². The monoisotopic (exact) mass is 324 g/mol. The molecule has 1 amide bonds. The molecule has 1 heterocycles. The molecular weight excluding hydrogens is 304 g/mol. The van der Waals surface area contributed by atoms with Gasteiger partial charge in [0.15, 0.2) is 0 Å². The number of amides is 1. The standard InChI is InChI=1S/C15H21BrN2O/c1-4-15(6-5-7-17-15)14(19)18-13-10(2)8-12(16)9-11(13)3/h8-9,17H,4-7H2,1-3H3,(H,18,19). The van der Waals surface area contributed by atoms with Crippen molar-refractivity contribution in [3.63, 3.8) is 0 Å². The molecule has 1 aromatic rings. The Kier molecular flexibility index (Phi) is 4.31. The number of carbonyl (C=O) groups excluding carboxylic acids is 1. The highest BCUT2D eigenvalue weighted by Crippen LogP contribution is 2.29. The van der Waals surface area contributed by atoms with E-state index in [-0.39, 0.29) is 11.4 Å². The lowest BCUT2D eigenvalue weighted by Crippen LogP contribution is -2.50. The van der Waals surface area contributed by atoms with Gasteiger partial charge in [-0.05, 0) is 62.9 Å². The fourth-order valence-corrected chi connectivity index (χ4v) is 3.49. The molecule has 3 nitrogen and oxygen atoms in total. The van der Waals surface area contributed by atoms with E-state index in [0.717, 1.165) is 47.1 Å². The van der Waals surface area contributed by atoms with E-state index in [0.29, 0.717) is 0 Å². The predicted octanol–water partition coefficient (Wildman–Crippen LogP) is 3.54. The van der Waals surface area contributed by atoms with E-state index in [4.69, 9.17) is 0 Å². The second kappa shape index (κ2) is 5.63. The maximum Gasteiger partial charge on any atom is 0.244 e. The first-order valence-corrected chi connectivity index (χ1v) is 7.61. The molecule has 0 spiro atoms. The Morgan fingerprint density at radius 3 is 2.53 bits per heavy atom. The van der Waals surface area contributed by atoms with Crippen molar-refractivity contribution < 1.29 is 4.79 Å². The molecule has 1 aromatic carbocycles. The van der Waals surface area contributed by atoms with Crippen molar-refractivity contribution >= 4 is 27.5 Å². The quantitative estimate of drug-likeness (QED) is 0.892. The van der Waals surface area contributed by atoms with Crippen molar-refractivity contribution in [3.05, 3.63) is 27.7 Å². The first-order chi connectivity index (χ1) is 8.98. The molecule has 1 saturated heterocycles. The summed E-state index contributed by atoms with van der Waals surface area (Å²) in [7, 11) is 0. The maximum atomic E-state index is 12.6. The summed E-state index contributed by atoms with van der Waals surface area (Å²) in [5.74, 6) is 0.0982. The third kappa shape index (κ3) is 2.84. The molecule has 1 atom stereocenters. The van der Waals surface area contributed by atoms with Crippen LogP contribution < -0.4 is 10.6 Å². The number of benzene rings is 1. The molecule has 104 valence electrons. The van der Waals surface area contributed by atoms with Crippen LogP contribution in [0.15, 0.2) is 16.6 Å².